The molecule has 0 aliphatic heterocycles. The summed E-state index contributed by atoms with van der Waals surface area (Å²) < 4.78 is 5.62. The van der Waals surface area contributed by atoms with Gasteiger partial charge in [-0.1, -0.05) is 17.7 Å². The minimum atomic E-state index is -0.544. The normalized spacial score (nSPS) is 12.2. The third-order valence-corrected chi connectivity index (χ3v) is 2.85. The van der Waals surface area contributed by atoms with E-state index in [9.17, 15) is 5.11 Å². The molecule has 0 bridgehead atoms. The van der Waals surface area contributed by atoms with Crippen LogP contribution >= 0.6 is 11.6 Å². The van der Waals surface area contributed by atoms with E-state index in [1.807, 2.05) is 19.1 Å². The largest absolute Gasteiger partial charge is 0.454 e. The van der Waals surface area contributed by atoms with E-state index in [1.165, 1.54) is 0 Å². The van der Waals surface area contributed by atoms with Crippen molar-refractivity contribution in [2.45, 2.75) is 20.0 Å². The van der Waals surface area contributed by atoms with Gasteiger partial charge in [-0.15, -0.1) is 0 Å². The molecule has 1 atom stereocenters. The van der Waals surface area contributed by atoms with Crippen molar-refractivity contribution < 1.29 is 9.84 Å². The summed E-state index contributed by atoms with van der Waals surface area (Å²) in [5.74, 6) is 1.18. The highest BCUT2D eigenvalue weighted by Gasteiger charge is 2.07. The maximum atomic E-state index is 9.45. The predicted molar refractivity (Wildman–Crippen MR) is 71.1 cm³/mol. The molecule has 0 fully saturated rings. The van der Waals surface area contributed by atoms with Crippen LogP contribution in [0.3, 0.4) is 0 Å². The van der Waals surface area contributed by atoms with E-state index in [-0.39, 0.29) is 0 Å². The Kier molecular flexibility index (Phi) is 3.84. The molecule has 0 unspecified atom stereocenters. The molecular weight excluding hydrogens is 250 g/mol. The van der Waals surface area contributed by atoms with Crippen LogP contribution in [0.15, 0.2) is 36.5 Å². The molecule has 2 rings (SSSR count). The van der Waals surface area contributed by atoms with Gasteiger partial charge in [0, 0.05) is 5.69 Å². The first-order valence-corrected chi connectivity index (χ1v) is 6.02. The number of nitrogens with zero attached hydrogens (tertiary/aromatic N) is 1. The summed E-state index contributed by atoms with van der Waals surface area (Å²) in [4.78, 5) is 4.14. The fraction of sp³-hybridized carbons (Fsp3) is 0.214. The average Bonchev–Trinajstić information content (AvgIpc) is 2.34. The Balaban J connectivity index is 2.22. The van der Waals surface area contributed by atoms with Gasteiger partial charge in [-0.3, -0.25) is 4.98 Å². The molecule has 94 valence electrons. The molecule has 0 aliphatic rings. The molecule has 1 aromatic heterocycles. The van der Waals surface area contributed by atoms with Crippen molar-refractivity contribution in [3.8, 4) is 11.5 Å². The average molecular weight is 264 g/mol. The molecule has 1 heterocycles. The number of pyridine rings is 1. The number of benzene rings is 1. The number of aliphatic hydroxyl groups is 1. The van der Waals surface area contributed by atoms with Gasteiger partial charge >= 0.3 is 0 Å². The lowest BCUT2D eigenvalue weighted by atomic mass is 10.1. The van der Waals surface area contributed by atoms with Crippen molar-refractivity contribution in [2.75, 3.05) is 0 Å². The number of aryl methyl sites for hydroxylation is 1. The third kappa shape index (κ3) is 3.00. The molecule has 0 spiro atoms. The number of ether oxygens (including phenoxy) is 1. The predicted octanol–water partition coefficient (Wildman–Crippen LogP) is 3.89. The van der Waals surface area contributed by atoms with E-state index >= 15 is 0 Å². The fourth-order valence-electron chi connectivity index (χ4n) is 1.50. The van der Waals surface area contributed by atoms with Crippen molar-refractivity contribution in [1.29, 1.82) is 0 Å². The minimum absolute atomic E-state index is 0.467. The first-order valence-electron chi connectivity index (χ1n) is 5.64. The van der Waals surface area contributed by atoms with E-state index < -0.39 is 6.10 Å². The van der Waals surface area contributed by atoms with E-state index in [0.29, 0.717) is 16.5 Å². The Morgan fingerprint density at radius 2 is 2.06 bits per heavy atom. The van der Waals surface area contributed by atoms with Crippen LogP contribution in [0.1, 0.15) is 24.3 Å². The molecule has 4 heteroatoms. The van der Waals surface area contributed by atoms with Crippen LogP contribution in [0.4, 0.5) is 0 Å². The van der Waals surface area contributed by atoms with Gasteiger partial charge in [0.2, 0.25) is 0 Å². The van der Waals surface area contributed by atoms with Gasteiger partial charge in [-0.25, -0.2) is 0 Å². The summed E-state index contributed by atoms with van der Waals surface area (Å²) in [6.07, 6.45) is 1.10. The first-order chi connectivity index (χ1) is 8.56. The molecule has 0 amide bonds. The standard InChI is InChI=1S/C14H14ClNO2/c1-9-3-5-12(8-16-9)18-14-6-4-11(10(2)17)7-13(14)15/h3-8,10,17H,1-2H3/t10-/m0/s1. The van der Waals surface area contributed by atoms with Gasteiger partial charge < -0.3 is 9.84 Å². The summed E-state index contributed by atoms with van der Waals surface area (Å²) in [5.41, 5.74) is 1.69. The minimum Gasteiger partial charge on any atom is -0.454 e. The zero-order valence-corrected chi connectivity index (χ0v) is 11.0. The fourth-order valence-corrected chi connectivity index (χ4v) is 1.73. The Hall–Kier alpha value is -1.58. The quantitative estimate of drug-likeness (QED) is 0.914. The van der Waals surface area contributed by atoms with Crippen LogP contribution in [0.5, 0.6) is 11.5 Å². The Morgan fingerprint density at radius 3 is 2.61 bits per heavy atom. The molecule has 1 N–H and O–H groups in total. The highest BCUT2D eigenvalue weighted by Crippen LogP contribution is 2.31. The Morgan fingerprint density at radius 1 is 1.28 bits per heavy atom. The highest BCUT2D eigenvalue weighted by molar-refractivity contribution is 6.32. The molecule has 0 saturated heterocycles. The van der Waals surface area contributed by atoms with Crippen LogP contribution in [0.2, 0.25) is 5.02 Å². The van der Waals surface area contributed by atoms with Crippen LogP contribution in [-0.4, -0.2) is 10.1 Å². The lowest BCUT2D eigenvalue weighted by molar-refractivity contribution is 0.199. The molecule has 2 aromatic rings. The van der Waals surface area contributed by atoms with E-state index in [0.717, 1.165) is 11.3 Å². The highest BCUT2D eigenvalue weighted by atomic mass is 35.5. The maximum Gasteiger partial charge on any atom is 0.146 e. The zero-order chi connectivity index (χ0) is 13.1. The summed E-state index contributed by atoms with van der Waals surface area (Å²) in [6, 6.07) is 8.93. The summed E-state index contributed by atoms with van der Waals surface area (Å²) in [6.45, 7) is 3.60. The second kappa shape index (κ2) is 5.38. The first kappa shape index (κ1) is 12.9. The lowest BCUT2D eigenvalue weighted by Gasteiger charge is -2.10. The van der Waals surface area contributed by atoms with Gasteiger partial charge in [0.25, 0.3) is 0 Å². The molecule has 18 heavy (non-hydrogen) atoms. The third-order valence-electron chi connectivity index (χ3n) is 2.55. The molecule has 1 aromatic carbocycles. The number of rotatable bonds is 3. The molecule has 0 saturated carbocycles. The Bertz CT molecular complexity index is 538. The van der Waals surface area contributed by atoms with Crippen LogP contribution in [-0.2, 0) is 0 Å². The SMILES string of the molecule is Cc1ccc(Oc2ccc([C@H](C)O)cc2Cl)cn1. The maximum absolute atomic E-state index is 9.45. The number of aromatic nitrogens is 1. The van der Waals surface area contributed by atoms with Crippen LogP contribution < -0.4 is 4.74 Å². The summed E-state index contributed by atoms with van der Waals surface area (Å²) in [5, 5.41) is 9.92. The molecule has 0 aliphatic carbocycles. The number of hydrogen-bond donors (Lipinski definition) is 1. The Labute approximate surface area is 111 Å². The van der Waals surface area contributed by atoms with E-state index in [1.54, 1.807) is 31.3 Å². The topological polar surface area (TPSA) is 42.4 Å². The van der Waals surface area contributed by atoms with Gasteiger partial charge in [0.1, 0.15) is 11.5 Å². The van der Waals surface area contributed by atoms with Crippen molar-refractivity contribution in [1.82, 2.24) is 4.98 Å². The number of hydrogen-bond acceptors (Lipinski definition) is 3. The van der Waals surface area contributed by atoms with Crippen molar-refractivity contribution in [2.24, 2.45) is 0 Å². The van der Waals surface area contributed by atoms with Crippen molar-refractivity contribution in [3.05, 3.63) is 52.8 Å². The number of halogens is 1. The smallest absolute Gasteiger partial charge is 0.146 e. The zero-order valence-electron chi connectivity index (χ0n) is 10.2. The van der Waals surface area contributed by atoms with Crippen LogP contribution in [0, 0.1) is 6.92 Å². The molecule has 0 radical (unpaired) electrons. The van der Waals surface area contributed by atoms with Gasteiger partial charge in [0.05, 0.1) is 17.3 Å². The van der Waals surface area contributed by atoms with Gasteiger partial charge in [-0.05, 0) is 43.7 Å². The van der Waals surface area contributed by atoms with Gasteiger partial charge in [0.15, 0.2) is 0 Å². The van der Waals surface area contributed by atoms with E-state index in [2.05, 4.69) is 4.98 Å². The van der Waals surface area contributed by atoms with E-state index in [4.69, 9.17) is 16.3 Å². The second-order valence-electron chi connectivity index (χ2n) is 4.10. The molecule has 3 nitrogen and oxygen atoms in total. The molecular formula is C14H14ClNO2. The summed E-state index contributed by atoms with van der Waals surface area (Å²) in [7, 11) is 0. The van der Waals surface area contributed by atoms with Crippen molar-refractivity contribution in [3.63, 3.8) is 0 Å². The number of aliphatic hydroxyl groups excluding tert-OH is 1. The van der Waals surface area contributed by atoms with Gasteiger partial charge in [-0.2, -0.15) is 0 Å². The van der Waals surface area contributed by atoms with Crippen LogP contribution in [0.25, 0.3) is 0 Å². The lowest BCUT2D eigenvalue weighted by Crippen LogP contribution is -1.92. The van der Waals surface area contributed by atoms with Crippen molar-refractivity contribution >= 4 is 11.6 Å². The second-order valence-corrected chi connectivity index (χ2v) is 4.51. The monoisotopic (exact) mass is 263 g/mol. The summed E-state index contributed by atoms with van der Waals surface area (Å²) >= 11 is 6.10.